The van der Waals surface area contributed by atoms with Crippen LogP contribution in [0.25, 0.3) is 0 Å². The Morgan fingerprint density at radius 2 is 1.94 bits per heavy atom. The molecule has 0 aromatic carbocycles. The van der Waals surface area contributed by atoms with Gasteiger partial charge in [-0.1, -0.05) is 0 Å². The van der Waals surface area contributed by atoms with Gasteiger partial charge in [-0.25, -0.2) is 4.79 Å². The van der Waals surface area contributed by atoms with Gasteiger partial charge in [-0.05, 0) is 13.8 Å². The molecule has 17 heavy (non-hydrogen) atoms. The topological polar surface area (TPSA) is 72.8 Å². The van der Waals surface area contributed by atoms with E-state index in [1.54, 1.807) is 13.8 Å². The second kappa shape index (κ2) is 6.24. The van der Waals surface area contributed by atoms with Gasteiger partial charge in [0.15, 0.2) is 0 Å². The van der Waals surface area contributed by atoms with Gasteiger partial charge < -0.3 is 14.6 Å². The number of carbonyl (C=O) groups is 2. The summed E-state index contributed by atoms with van der Waals surface area (Å²) in [6.07, 6.45) is -0.0345. The molecule has 1 N–H and O–H groups in total. The Morgan fingerprint density at radius 1 is 1.29 bits per heavy atom. The molecule has 1 aromatic rings. The number of thiophene rings is 1. The number of hydrogen-bond donors (Lipinski definition) is 1. The third-order valence-corrected chi connectivity index (χ3v) is 2.91. The summed E-state index contributed by atoms with van der Waals surface area (Å²) in [5.74, 6) is -1.21. The van der Waals surface area contributed by atoms with E-state index >= 15 is 0 Å². The van der Waals surface area contributed by atoms with Crippen LogP contribution >= 0.6 is 11.3 Å². The number of hydrogen-bond acceptors (Lipinski definition) is 6. The van der Waals surface area contributed by atoms with Crippen LogP contribution in [0.15, 0.2) is 5.38 Å². The lowest BCUT2D eigenvalue weighted by Gasteiger charge is -2.04. The number of esters is 2. The summed E-state index contributed by atoms with van der Waals surface area (Å²) in [5, 5.41) is 10.9. The van der Waals surface area contributed by atoms with Crippen LogP contribution in [0.1, 0.15) is 29.1 Å². The van der Waals surface area contributed by atoms with Crippen LogP contribution in [0.5, 0.6) is 5.75 Å². The first-order chi connectivity index (χ1) is 8.10. The minimum absolute atomic E-state index is 0.0345. The van der Waals surface area contributed by atoms with Gasteiger partial charge >= 0.3 is 11.9 Å². The van der Waals surface area contributed by atoms with E-state index in [-0.39, 0.29) is 30.9 Å². The first kappa shape index (κ1) is 13.5. The largest absolute Gasteiger partial charge is 0.506 e. The third kappa shape index (κ3) is 3.45. The molecule has 5 nitrogen and oxygen atoms in total. The SMILES string of the molecule is CCOC(=O)Cc1scc(O)c1C(=O)OCC. The van der Waals surface area contributed by atoms with Crippen molar-refractivity contribution in [2.24, 2.45) is 0 Å². The van der Waals surface area contributed by atoms with E-state index in [1.165, 1.54) is 5.38 Å². The van der Waals surface area contributed by atoms with Gasteiger partial charge in [-0.2, -0.15) is 0 Å². The van der Waals surface area contributed by atoms with Crippen molar-refractivity contribution in [3.63, 3.8) is 0 Å². The molecule has 0 atom stereocenters. The van der Waals surface area contributed by atoms with Crippen LogP contribution in [0, 0.1) is 0 Å². The monoisotopic (exact) mass is 258 g/mol. The summed E-state index contributed by atoms with van der Waals surface area (Å²) in [6, 6.07) is 0. The zero-order valence-electron chi connectivity index (χ0n) is 9.69. The highest BCUT2D eigenvalue weighted by Crippen LogP contribution is 2.29. The number of ether oxygens (including phenoxy) is 2. The molecule has 0 amide bonds. The van der Waals surface area contributed by atoms with E-state index in [2.05, 4.69) is 0 Å². The lowest BCUT2D eigenvalue weighted by Crippen LogP contribution is -2.11. The lowest BCUT2D eigenvalue weighted by molar-refractivity contribution is -0.142. The second-order valence-corrected chi connectivity index (χ2v) is 4.09. The van der Waals surface area contributed by atoms with Crippen molar-refractivity contribution in [1.29, 1.82) is 0 Å². The molecule has 0 bridgehead atoms. The van der Waals surface area contributed by atoms with Crippen LogP contribution in [0.4, 0.5) is 0 Å². The summed E-state index contributed by atoms with van der Waals surface area (Å²) in [7, 11) is 0. The normalized spacial score (nSPS) is 10.0. The van der Waals surface area contributed by atoms with E-state index in [9.17, 15) is 14.7 Å². The Hall–Kier alpha value is -1.56. The predicted molar refractivity (Wildman–Crippen MR) is 62.3 cm³/mol. The van der Waals surface area contributed by atoms with Crippen LogP contribution in [0.2, 0.25) is 0 Å². The molecule has 1 aromatic heterocycles. The molecular weight excluding hydrogens is 244 g/mol. The fourth-order valence-electron chi connectivity index (χ4n) is 1.28. The predicted octanol–water partition coefficient (Wildman–Crippen LogP) is 1.74. The minimum Gasteiger partial charge on any atom is -0.506 e. The highest BCUT2D eigenvalue weighted by atomic mass is 32.1. The van der Waals surface area contributed by atoms with Gasteiger partial charge in [-0.3, -0.25) is 4.79 Å². The Labute approximate surface area is 103 Å². The van der Waals surface area contributed by atoms with Crippen LogP contribution < -0.4 is 0 Å². The van der Waals surface area contributed by atoms with Crippen molar-refractivity contribution in [2.45, 2.75) is 20.3 Å². The van der Waals surface area contributed by atoms with Crippen LogP contribution in [0.3, 0.4) is 0 Å². The van der Waals surface area contributed by atoms with E-state index in [4.69, 9.17) is 9.47 Å². The first-order valence-electron chi connectivity index (χ1n) is 5.22. The first-order valence-corrected chi connectivity index (χ1v) is 6.10. The van der Waals surface area contributed by atoms with E-state index in [1.807, 2.05) is 0 Å². The maximum Gasteiger partial charge on any atom is 0.343 e. The molecule has 0 saturated carbocycles. The highest BCUT2D eigenvalue weighted by molar-refractivity contribution is 7.10. The van der Waals surface area contributed by atoms with Crippen LogP contribution in [-0.2, 0) is 20.7 Å². The smallest absolute Gasteiger partial charge is 0.343 e. The average Bonchev–Trinajstić information content (AvgIpc) is 2.60. The van der Waals surface area contributed by atoms with E-state index in [0.29, 0.717) is 4.88 Å². The molecule has 0 radical (unpaired) electrons. The molecule has 0 fully saturated rings. The Morgan fingerprint density at radius 3 is 2.53 bits per heavy atom. The van der Waals surface area contributed by atoms with Gasteiger partial charge in [0, 0.05) is 10.3 Å². The van der Waals surface area contributed by atoms with Crippen molar-refractivity contribution < 1.29 is 24.2 Å². The molecule has 6 heteroatoms. The average molecular weight is 258 g/mol. The Kier molecular flexibility index (Phi) is 4.96. The molecule has 0 aliphatic carbocycles. The van der Waals surface area contributed by atoms with Crippen molar-refractivity contribution in [3.8, 4) is 5.75 Å². The summed E-state index contributed by atoms with van der Waals surface area (Å²) >= 11 is 1.13. The molecule has 0 spiro atoms. The van der Waals surface area contributed by atoms with E-state index in [0.717, 1.165) is 11.3 Å². The van der Waals surface area contributed by atoms with Crippen LogP contribution in [-0.4, -0.2) is 30.3 Å². The van der Waals surface area contributed by atoms with E-state index < -0.39 is 11.9 Å². The molecule has 94 valence electrons. The highest BCUT2D eigenvalue weighted by Gasteiger charge is 2.22. The summed E-state index contributed by atoms with van der Waals surface area (Å²) in [5.41, 5.74) is 0.0601. The Bertz CT molecular complexity index is 410. The minimum atomic E-state index is -0.620. The van der Waals surface area contributed by atoms with Gasteiger partial charge in [0.05, 0.1) is 19.6 Å². The molecule has 1 rings (SSSR count). The van der Waals surface area contributed by atoms with Gasteiger partial charge in [-0.15, -0.1) is 11.3 Å². The fraction of sp³-hybridized carbons (Fsp3) is 0.455. The maximum absolute atomic E-state index is 11.6. The summed E-state index contributed by atoms with van der Waals surface area (Å²) in [4.78, 5) is 23.3. The molecule has 0 saturated heterocycles. The zero-order chi connectivity index (χ0) is 12.8. The van der Waals surface area contributed by atoms with Gasteiger partial charge in [0.1, 0.15) is 11.3 Å². The number of carbonyl (C=O) groups excluding carboxylic acids is 2. The molecule has 0 unspecified atom stereocenters. The maximum atomic E-state index is 11.6. The Balaban J connectivity index is 2.86. The number of rotatable bonds is 5. The molecule has 1 heterocycles. The molecule has 0 aliphatic heterocycles. The second-order valence-electron chi connectivity index (χ2n) is 3.12. The van der Waals surface area contributed by atoms with Gasteiger partial charge in [0.25, 0.3) is 0 Å². The van der Waals surface area contributed by atoms with Gasteiger partial charge in [0.2, 0.25) is 0 Å². The van der Waals surface area contributed by atoms with Crippen molar-refractivity contribution >= 4 is 23.3 Å². The summed E-state index contributed by atoms with van der Waals surface area (Å²) in [6.45, 7) is 3.88. The quantitative estimate of drug-likeness (QED) is 0.814. The molecular formula is C11H14O5S. The third-order valence-electron chi connectivity index (χ3n) is 1.94. The molecule has 0 aliphatic rings. The lowest BCUT2D eigenvalue weighted by atomic mass is 10.2. The van der Waals surface area contributed by atoms with Crippen molar-refractivity contribution in [2.75, 3.05) is 13.2 Å². The number of aromatic hydroxyl groups is 1. The van der Waals surface area contributed by atoms with Crippen molar-refractivity contribution in [1.82, 2.24) is 0 Å². The fourth-order valence-corrected chi connectivity index (χ4v) is 2.16. The summed E-state index contributed by atoms with van der Waals surface area (Å²) < 4.78 is 9.59. The standard InChI is InChI=1S/C11H14O5S/c1-3-15-9(13)5-8-10(7(12)6-17-8)11(14)16-4-2/h6,12H,3-5H2,1-2H3. The zero-order valence-corrected chi connectivity index (χ0v) is 10.5. The van der Waals surface area contributed by atoms with Crippen molar-refractivity contribution in [3.05, 3.63) is 15.8 Å².